The van der Waals surface area contributed by atoms with Crippen LogP contribution in [0.5, 0.6) is 0 Å². The van der Waals surface area contributed by atoms with E-state index >= 15 is 0 Å². The Morgan fingerprint density at radius 1 is 0.870 bits per heavy atom. The first-order valence-electron chi connectivity index (χ1n) is 9.51. The molecule has 23 heavy (non-hydrogen) atoms. The smallest absolute Gasteiger partial charge is 0.0475 e. The molecule has 2 fully saturated rings. The van der Waals surface area contributed by atoms with Crippen molar-refractivity contribution in [1.29, 1.82) is 0 Å². The first kappa shape index (κ1) is 16.9. The molecule has 1 unspecified atom stereocenters. The average molecular weight is 316 g/mol. The van der Waals surface area contributed by atoms with Gasteiger partial charge in [-0.25, -0.2) is 0 Å². The Balaban J connectivity index is 1.75. The Hall–Kier alpha value is -0.900. The Kier molecular flexibility index (Phi) is 6.09. The molecule has 3 heteroatoms. The Morgan fingerprint density at radius 3 is 2.09 bits per heavy atom. The molecule has 2 heterocycles. The van der Waals surface area contributed by atoms with Crippen LogP contribution in [0.1, 0.15) is 56.2 Å². The molecule has 0 amide bonds. The van der Waals surface area contributed by atoms with Crippen LogP contribution >= 0.6 is 0 Å². The van der Waals surface area contributed by atoms with Crippen molar-refractivity contribution in [3.8, 4) is 0 Å². The van der Waals surface area contributed by atoms with E-state index in [0.717, 1.165) is 13.1 Å². The highest BCUT2D eigenvalue weighted by atomic mass is 15.2. The van der Waals surface area contributed by atoms with E-state index in [-0.39, 0.29) is 0 Å². The van der Waals surface area contributed by atoms with Crippen molar-refractivity contribution in [2.24, 2.45) is 0 Å². The van der Waals surface area contributed by atoms with Gasteiger partial charge in [0, 0.05) is 38.8 Å². The molecule has 0 spiro atoms. The van der Waals surface area contributed by atoms with Crippen LogP contribution in [0.3, 0.4) is 0 Å². The van der Waals surface area contributed by atoms with Crippen LogP contribution in [0.25, 0.3) is 0 Å². The van der Waals surface area contributed by atoms with E-state index < -0.39 is 0 Å². The second-order valence-electron chi connectivity index (χ2n) is 7.48. The van der Waals surface area contributed by atoms with Gasteiger partial charge in [0.1, 0.15) is 0 Å². The quantitative estimate of drug-likeness (QED) is 0.900. The van der Waals surface area contributed by atoms with Crippen LogP contribution in [0.15, 0.2) is 24.3 Å². The topological polar surface area (TPSA) is 18.5 Å². The Bertz CT molecular complexity index is 456. The lowest BCUT2D eigenvalue weighted by Gasteiger charge is -2.39. The van der Waals surface area contributed by atoms with Gasteiger partial charge in [-0.15, -0.1) is 0 Å². The molecule has 0 bridgehead atoms. The van der Waals surface area contributed by atoms with Gasteiger partial charge >= 0.3 is 0 Å². The number of benzene rings is 1. The number of piperidine rings is 1. The molecule has 0 saturated carbocycles. The SMILES string of the molecule is CC(C)c1ccc(C(CN2CCNCC2)N2CCCCC2)cc1. The molecule has 0 radical (unpaired) electrons. The fraction of sp³-hybridized carbons (Fsp3) is 0.700. The number of nitrogens with zero attached hydrogens (tertiary/aromatic N) is 2. The maximum atomic E-state index is 3.47. The summed E-state index contributed by atoms with van der Waals surface area (Å²) in [7, 11) is 0. The lowest BCUT2D eigenvalue weighted by molar-refractivity contribution is 0.111. The van der Waals surface area contributed by atoms with Gasteiger partial charge in [0.25, 0.3) is 0 Å². The standard InChI is InChI=1S/C20H33N3/c1-17(2)18-6-8-19(9-7-18)20(23-12-4-3-5-13-23)16-22-14-10-21-11-15-22/h6-9,17,20-21H,3-5,10-16H2,1-2H3. The molecule has 3 nitrogen and oxygen atoms in total. The average Bonchev–Trinajstić information content (AvgIpc) is 2.61. The lowest BCUT2D eigenvalue weighted by Crippen LogP contribution is -2.48. The summed E-state index contributed by atoms with van der Waals surface area (Å²) in [6, 6.07) is 10.0. The molecule has 0 aromatic heterocycles. The van der Waals surface area contributed by atoms with Crippen LogP contribution in [-0.4, -0.2) is 55.6 Å². The predicted octanol–water partition coefficient (Wildman–Crippen LogP) is 3.24. The number of hydrogen-bond donors (Lipinski definition) is 1. The fourth-order valence-corrected chi connectivity index (χ4v) is 3.90. The molecule has 1 N–H and O–H groups in total. The van der Waals surface area contributed by atoms with E-state index in [1.54, 1.807) is 0 Å². The first-order valence-corrected chi connectivity index (χ1v) is 9.51. The number of nitrogens with one attached hydrogen (secondary N) is 1. The summed E-state index contributed by atoms with van der Waals surface area (Å²) in [4.78, 5) is 5.38. The van der Waals surface area contributed by atoms with Crippen molar-refractivity contribution in [2.45, 2.75) is 45.1 Å². The summed E-state index contributed by atoms with van der Waals surface area (Å²) < 4.78 is 0. The minimum atomic E-state index is 0.564. The van der Waals surface area contributed by atoms with Gasteiger partial charge in [-0.2, -0.15) is 0 Å². The molecular weight excluding hydrogens is 282 g/mol. The number of piperazine rings is 1. The van der Waals surface area contributed by atoms with Crippen LogP contribution in [0.4, 0.5) is 0 Å². The van der Waals surface area contributed by atoms with Gasteiger partial charge in [-0.05, 0) is 43.0 Å². The normalized spacial score (nSPS) is 22.4. The van der Waals surface area contributed by atoms with Crippen molar-refractivity contribution in [1.82, 2.24) is 15.1 Å². The third-order valence-corrected chi connectivity index (χ3v) is 5.46. The molecule has 2 aliphatic heterocycles. The summed E-state index contributed by atoms with van der Waals surface area (Å²) in [6.45, 7) is 12.9. The fourth-order valence-electron chi connectivity index (χ4n) is 3.90. The number of hydrogen-bond acceptors (Lipinski definition) is 3. The summed E-state index contributed by atoms with van der Waals surface area (Å²) in [5, 5.41) is 3.47. The van der Waals surface area contributed by atoms with Crippen molar-refractivity contribution in [3.05, 3.63) is 35.4 Å². The Labute approximate surface area is 142 Å². The predicted molar refractivity (Wildman–Crippen MR) is 98.0 cm³/mol. The largest absolute Gasteiger partial charge is 0.314 e. The van der Waals surface area contributed by atoms with E-state index in [4.69, 9.17) is 0 Å². The van der Waals surface area contributed by atoms with Gasteiger partial charge in [0.15, 0.2) is 0 Å². The molecule has 3 rings (SSSR count). The third-order valence-electron chi connectivity index (χ3n) is 5.46. The van der Waals surface area contributed by atoms with Crippen LogP contribution in [0, 0.1) is 0 Å². The zero-order valence-corrected chi connectivity index (χ0v) is 14.9. The summed E-state index contributed by atoms with van der Waals surface area (Å²) >= 11 is 0. The molecule has 128 valence electrons. The highest BCUT2D eigenvalue weighted by Crippen LogP contribution is 2.27. The summed E-state index contributed by atoms with van der Waals surface area (Å²) in [5.74, 6) is 0.616. The molecule has 1 aromatic rings. The van der Waals surface area contributed by atoms with Crippen molar-refractivity contribution < 1.29 is 0 Å². The maximum Gasteiger partial charge on any atom is 0.0475 e. The zero-order valence-electron chi connectivity index (χ0n) is 14.9. The van der Waals surface area contributed by atoms with Gasteiger partial charge in [0.2, 0.25) is 0 Å². The summed E-state index contributed by atoms with van der Waals surface area (Å²) in [5.41, 5.74) is 2.96. The third kappa shape index (κ3) is 4.56. The van der Waals surface area contributed by atoms with Gasteiger partial charge in [-0.3, -0.25) is 9.80 Å². The van der Waals surface area contributed by atoms with Crippen LogP contribution < -0.4 is 5.32 Å². The second-order valence-corrected chi connectivity index (χ2v) is 7.48. The first-order chi connectivity index (χ1) is 11.2. The van der Waals surface area contributed by atoms with Crippen molar-refractivity contribution >= 4 is 0 Å². The maximum absolute atomic E-state index is 3.47. The van der Waals surface area contributed by atoms with E-state index in [9.17, 15) is 0 Å². The molecule has 0 aliphatic carbocycles. The highest BCUT2D eigenvalue weighted by molar-refractivity contribution is 5.27. The van der Waals surface area contributed by atoms with Crippen LogP contribution in [0.2, 0.25) is 0 Å². The molecule has 1 atom stereocenters. The van der Waals surface area contributed by atoms with Crippen molar-refractivity contribution in [3.63, 3.8) is 0 Å². The Morgan fingerprint density at radius 2 is 1.48 bits per heavy atom. The van der Waals surface area contributed by atoms with E-state index in [0.29, 0.717) is 12.0 Å². The van der Waals surface area contributed by atoms with E-state index in [2.05, 4.69) is 53.2 Å². The summed E-state index contributed by atoms with van der Waals surface area (Å²) in [6.07, 6.45) is 4.13. The zero-order chi connectivity index (χ0) is 16.1. The van der Waals surface area contributed by atoms with Gasteiger partial charge in [0.05, 0.1) is 0 Å². The van der Waals surface area contributed by atoms with E-state index in [1.165, 1.54) is 63.1 Å². The van der Waals surface area contributed by atoms with Gasteiger partial charge in [-0.1, -0.05) is 44.5 Å². The molecular formula is C20H33N3. The number of likely N-dealkylation sites (tertiary alicyclic amines) is 1. The molecule has 2 aliphatic rings. The monoisotopic (exact) mass is 315 g/mol. The van der Waals surface area contributed by atoms with E-state index in [1.807, 2.05) is 0 Å². The lowest BCUT2D eigenvalue weighted by atomic mass is 9.96. The van der Waals surface area contributed by atoms with Crippen LogP contribution in [-0.2, 0) is 0 Å². The highest BCUT2D eigenvalue weighted by Gasteiger charge is 2.25. The minimum absolute atomic E-state index is 0.564. The molecule has 1 aromatic carbocycles. The number of rotatable bonds is 5. The van der Waals surface area contributed by atoms with Gasteiger partial charge < -0.3 is 5.32 Å². The second kappa shape index (κ2) is 8.27. The molecule has 2 saturated heterocycles. The van der Waals surface area contributed by atoms with Crippen molar-refractivity contribution in [2.75, 3.05) is 45.8 Å². The minimum Gasteiger partial charge on any atom is -0.314 e.